The smallest absolute Gasteiger partial charge is 0.227 e. The van der Waals surface area contributed by atoms with Crippen molar-refractivity contribution >= 4 is 29.1 Å². The van der Waals surface area contributed by atoms with Crippen LogP contribution in [0.2, 0.25) is 5.02 Å². The van der Waals surface area contributed by atoms with E-state index in [1.165, 1.54) is 19.3 Å². The number of hydrogen-bond acceptors (Lipinski definition) is 1. The zero-order valence-corrected chi connectivity index (χ0v) is 13.8. The van der Waals surface area contributed by atoms with Gasteiger partial charge in [0.1, 0.15) is 5.84 Å². The van der Waals surface area contributed by atoms with Gasteiger partial charge in [-0.05, 0) is 50.5 Å². The Morgan fingerprint density at radius 2 is 1.71 bits per heavy atom. The van der Waals surface area contributed by atoms with Crippen molar-refractivity contribution in [3.05, 3.63) is 29.3 Å². The summed E-state index contributed by atoms with van der Waals surface area (Å²) in [5.74, 6) is 1.75. The zero-order chi connectivity index (χ0) is 15.2. The maximum Gasteiger partial charge on any atom is 0.227 e. The third kappa shape index (κ3) is 4.74. The minimum Gasteiger partial charge on any atom is -0.366 e. The Morgan fingerprint density at radius 1 is 1.10 bits per heavy atom. The number of nitrogens with zero attached hydrogens (tertiary/aromatic N) is 4. The average Bonchev–Trinajstić information content (AvgIpc) is 2.49. The number of hydrogen-bond donors (Lipinski definition) is 0. The van der Waals surface area contributed by atoms with Gasteiger partial charge in [-0.25, -0.2) is 9.98 Å². The molecule has 0 saturated carbocycles. The van der Waals surface area contributed by atoms with Crippen molar-refractivity contribution in [2.24, 2.45) is 9.98 Å². The molecule has 1 aromatic carbocycles. The molecule has 0 bridgehead atoms. The van der Waals surface area contributed by atoms with Crippen molar-refractivity contribution in [3.8, 4) is 0 Å². The number of benzene rings is 1. The molecule has 114 valence electrons. The fraction of sp³-hybridized carbons (Fsp3) is 0.500. The van der Waals surface area contributed by atoms with E-state index in [1.807, 2.05) is 50.2 Å². The second-order valence-corrected chi connectivity index (χ2v) is 5.93. The van der Waals surface area contributed by atoms with Crippen molar-refractivity contribution < 1.29 is 0 Å². The van der Waals surface area contributed by atoms with Crippen molar-refractivity contribution in [1.29, 1.82) is 0 Å². The van der Waals surface area contributed by atoms with E-state index in [2.05, 4.69) is 4.90 Å². The van der Waals surface area contributed by atoms with Crippen molar-refractivity contribution in [1.82, 2.24) is 9.80 Å². The molecule has 0 atom stereocenters. The SMILES string of the molecule is C/C(=N\C(=Nc1ccc(Cl)cc1)N1CCCCC1)N(C)C. The number of likely N-dealkylation sites (tertiary alicyclic amines) is 1. The Balaban J connectivity index is 2.29. The first-order valence-electron chi connectivity index (χ1n) is 7.38. The highest BCUT2D eigenvalue weighted by Gasteiger charge is 2.15. The molecule has 21 heavy (non-hydrogen) atoms. The van der Waals surface area contributed by atoms with Gasteiger partial charge in [0.25, 0.3) is 0 Å². The van der Waals surface area contributed by atoms with E-state index in [1.54, 1.807) is 0 Å². The summed E-state index contributed by atoms with van der Waals surface area (Å²) in [5.41, 5.74) is 0.885. The zero-order valence-electron chi connectivity index (χ0n) is 13.0. The molecule has 1 aliphatic rings. The minimum absolute atomic E-state index is 0.724. The molecule has 0 spiro atoms. The third-order valence-electron chi connectivity index (χ3n) is 3.60. The van der Waals surface area contributed by atoms with E-state index in [-0.39, 0.29) is 0 Å². The van der Waals surface area contributed by atoms with Gasteiger partial charge in [-0.3, -0.25) is 0 Å². The Hall–Kier alpha value is -1.55. The molecule has 1 aromatic rings. The van der Waals surface area contributed by atoms with Crippen LogP contribution in [0.1, 0.15) is 26.2 Å². The molecule has 1 saturated heterocycles. The van der Waals surface area contributed by atoms with E-state index in [9.17, 15) is 0 Å². The molecule has 0 amide bonds. The lowest BCUT2D eigenvalue weighted by Crippen LogP contribution is -2.36. The molecular weight excluding hydrogens is 284 g/mol. The van der Waals surface area contributed by atoms with Gasteiger partial charge in [0.05, 0.1) is 5.69 Å². The summed E-state index contributed by atoms with van der Waals surface area (Å²) in [6.07, 6.45) is 3.70. The summed E-state index contributed by atoms with van der Waals surface area (Å²) in [4.78, 5) is 13.7. The van der Waals surface area contributed by atoms with Crippen LogP contribution in [0, 0.1) is 0 Å². The van der Waals surface area contributed by atoms with Gasteiger partial charge < -0.3 is 9.80 Å². The third-order valence-corrected chi connectivity index (χ3v) is 3.86. The molecule has 0 aromatic heterocycles. The first-order valence-corrected chi connectivity index (χ1v) is 7.76. The predicted molar refractivity (Wildman–Crippen MR) is 90.8 cm³/mol. The van der Waals surface area contributed by atoms with Crippen molar-refractivity contribution in [3.63, 3.8) is 0 Å². The summed E-state index contributed by atoms with van der Waals surface area (Å²) in [6, 6.07) is 7.56. The van der Waals surface area contributed by atoms with Crippen LogP contribution in [0.5, 0.6) is 0 Å². The molecular formula is C16H23ClN4. The standard InChI is InChI=1S/C16H23ClN4/c1-13(20(2)3)18-16(21-11-5-4-6-12-21)19-15-9-7-14(17)8-10-15/h7-10H,4-6,11-12H2,1-3H3/b18-13+,19-16?. The average molecular weight is 307 g/mol. The minimum atomic E-state index is 0.724. The molecule has 1 fully saturated rings. The highest BCUT2D eigenvalue weighted by molar-refractivity contribution is 6.30. The van der Waals surface area contributed by atoms with E-state index in [0.717, 1.165) is 35.6 Å². The van der Waals surface area contributed by atoms with Crippen LogP contribution in [-0.2, 0) is 0 Å². The summed E-state index contributed by atoms with van der Waals surface area (Å²) >= 11 is 5.93. The first kappa shape index (κ1) is 15.8. The van der Waals surface area contributed by atoms with Crippen LogP contribution >= 0.6 is 11.6 Å². The van der Waals surface area contributed by atoms with Gasteiger partial charge in [-0.15, -0.1) is 0 Å². The lowest BCUT2D eigenvalue weighted by atomic mass is 10.1. The van der Waals surface area contributed by atoms with E-state index >= 15 is 0 Å². The summed E-state index contributed by atoms with van der Waals surface area (Å²) < 4.78 is 0. The fourth-order valence-electron chi connectivity index (χ4n) is 2.14. The largest absolute Gasteiger partial charge is 0.366 e. The van der Waals surface area contributed by atoms with E-state index in [4.69, 9.17) is 21.6 Å². The van der Waals surface area contributed by atoms with Gasteiger partial charge in [0.2, 0.25) is 5.96 Å². The molecule has 1 heterocycles. The monoisotopic (exact) mass is 306 g/mol. The lowest BCUT2D eigenvalue weighted by Gasteiger charge is -2.28. The Kier molecular flexibility index (Phi) is 5.62. The van der Waals surface area contributed by atoms with Crippen LogP contribution in [0.3, 0.4) is 0 Å². The van der Waals surface area contributed by atoms with Crippen molar-refractivity contribution in [2.45, 2.75) is 26.2 Å². The normalized spacial score (nSPS) is 17.0. The molecule has 1 aliphatic heterocycles. The summed E-state index contributed by atoms with van der Waals surface area (Å²) in [6.45, 7) is 4.05. The van der Waals surface area contributed by atoms with Gasteiger partial charge in [-0.1, -0.05) is 11.6 Å². The van der Waals surface area contributed by atoms with Gasteiger partial charge in [0, 0.05) is 32.2 Å². The highest BCUT2D eigenvalue weighted by Crippen LogP contribution is 2.19. The Labute approximate surface area is 132 Å². The Morgan fingerprint density at radius 3 is 2.29 bits per heavy atom. The van der Waals surface area contributed by atoms with Crippen LogP contribution in [0.4, 0.5) is 5.69 Å². The molecule has 0 unspecified atom stereocenters. The van der Waals surface area contributed by atoms with E-state index < -0.39 is 0 Å². The lowest BCUT2D eigenvalue weighted by molar-refractivity contribution is 0.339. The molecule has 0 N–H and O–H groups in total. The number of amidine groups is 1. The van der Waals surface area contributed by atoms with Crippen LogP contribution in [0.25, 0.3) is 0 Å². The summed E-state index contributed by atoms with van der Waals surface area (Å²) in [5, 5.41) is 0.724. The maximum absolute atomic E-state index is 5.93. The topological polar surface area (TPSA) is 31.2 Å². The number of aliphatic imine (C=N–C) groups is 2. The highest BCUT2D eigenvalue weighted by atomic mass is 35.5. The van der Waals surface area contributed by atoms with Crippen molar-refractivity contribution in [2.75, 3.05) is 27.2 Å². The molecule has 0 aliphatic carbocycles. The second-order valence-electron chi connectivity index (χ2n) is 5.49. The van der Waals surface area contributed by atoms with Gasteiger partial charge in [-0.2, -0.15) is 0 Å². The maximum atomic E-state index is 5.93. The van der Waals surface area contributed by atoms with Gasteiger partial charge >= 0.3 is 0 Å². The first-order chi connectivity index (χ1) is 10.1. The quantitative estimate of drug-likeness (QED) is 0.584. The van der Waals surface area contributed by atoms with Crippen LogP contribution in [-0.4, -0.2) is 48.8 Å². The van der Waals surface area contributed by atoms with E-state index in [0.29, 0.717) is 0 Å². The van der Waals surface area contributed by atoms with Crippen LogP contribution in [0.15, 0.2) is 34.3 Å². The predicted octanol–water partition coefficient (Wildman–Crippen LogP) is 3.79. The van der Waals surface area contributed by atoms with Crippen LogP contribution < -0.4 is 0 Å². The molecule has 2 rings (SSSR count). The molecule has 4 nitrogen and oxygen atoms in total. The Bertz CT molecular complexity index is 514. The van der Waals surface area contributed by atoms with Gasteiger partial charge in [0.15, 0.2) is 0 Å². The molecule has 5 heteroatoms. The summed E-state index contributed by atoms with van der Waals surface area (Å²) in [7, 11) is 3.99. The number of rotatable bonds is 1. The number of guanidine groups is 1. The number of piperidine rings is 1. The fourth-order valence-corrected chi connectivity index (χ4v) is 2.26. The molecule has 0 radical (unpaired) electrons. The number of halogens is 1. The second kappa shape index (κ2) is 7.46.